The molecule has 0 spiro atoms. The van der Waals surface area contributed by atoms with E-state index in [1.54, 1.807) is 0 Å². The third-order valence-corrected chi connectivity index (χ3v) is 4.71. The molecular weight excluding hydrogens is 260 g/mol. The highest BCUT2D eigenvalue weighted by atomic mass is 16.4. The summed E-state index contributed by atoms with van der Waals surface area (Å²) in [6.45, 7) is 2.73. The van der Waals surface area contributed by atoms with E-state index < -0.39 is 23.5 Å². The number of carbonyl (C=O) groups excluding carboxylic acids is 1. The minimum atomic E-state index is -0.820. The number of carboxylic acids is 1. The van der Waals surface area contributed by atoms with Gasteiger partial charge < -0.3 is 20.8 Å². The van der Waals surface area contributed by atoms with Crippen molar-refractivity contribution in [2.75, 3.05) is 13.1 Å². The molecule has 6 nitrogen and oxygen atoms in total. The van der Waals surface area contributed by atoms with Crippen LogP contribution in [0.3, 0.4) is 0 Å². The molecule has 1 aliphatic heterocycles. The van der Waals surface area contributed by atoms with Crippen molar-refractivity contribution in [1.82, 2.24) is 10.6 Å². The maximum atomic E-state index is 12.0. The lowest BCUT2D eigenvalue weighted by molar-refractivity contribution is -0.151. The molecule has 2 fully saturated rings. The molecule has 0 aromatic rings. The fourth-order valence-corrected chi connectivity index (χ4v) is 3.08. The number of nitrogens with one attached hydrogen (secondary N) is 2. The van der Waals surface area contributed by atoms with E-state index in [0.717, 1.165) is 12.8 Å². The van der Waals surface area contributed by atoms with Crippen molar-refractivity contribution in [2.45, 2.75) is 51.2 Å². The molecule has 1 heterocycles. The van der Waals surface area contributed by atoms with Crippen molar-refractivity contribution >= 4 is 11.9 Å². The number of hydrogen-bond acceptors (Lipinski definition) is 4. The lowest BCUT2D eigenvalue weighted by Crippen LogP contribution is -2.49. The van der Waals surface area contributed by atoms with Gasteiger partial charge in [0.2, 0.25) is 5.91 Å². The van der Waals surface area contributed by atoms with Crippen LogP contribution in [0.4, 0.5) is 0 Å². The van der Waals surface area contributed by atoms with Crippen LogP contribution < -0.4 is 10.6 Å². The zero-order valence-corrected chi connectivity index (χ0v) is 11.9. The second-order valence-electron chi connectivity index (χ2n) is 6.34. The Bertz CT molecular complexity index is 377. The smallest absolute Gasteiger partial charge is 0.311 e. The average Bonchev–Trinajstić information content (AvgIpc) is 2.84. The zero-order chi connectivity index (χ0) is 14.8. The molecule has 2 aliphatic rings. The third-order valence-electron chi connectivity index (χ3n) is 4.71. The molecule has 2 unspecified atom stereocenters. The van der Waals surface area contributed by atoms with E-state index in [1.165, 1.54) is 0 Å². The zero-order valence-electron chi connectivity index (χ0n) is 11.9. The van der Waals surface area contributed by atoms with Crippen molar-refractivity contribution in [2.24, 2.45) is 11.3 Å². The van der Waals surface area contributed by atoms with Gasteiger partial charge in [-0.25, -0.2) is 0 Å². The van der Waals surface area contributed by atoms with Gasteiger partial charge in [-0.3, -0.25) is 9.59 Å². The predicted octanol–water partition coefficient (Wildman–Crippen LogP) is 0.107. The second-order valence-corrected chi connectivity index (χ2v) is 6.34. The van der Waals surface area contributed by atoms with Gasteiger partial charge in [0.1, 0.15) is 0 Å². The topological polar surface area (TPSA) is 98.7 Å². The molecule has 0 aromatic heterocycles. The Hall–Kier alpha value is -1.14. The summed E-state index contributed by atoms with van der Waals surface area (Å²) in [5, 5.41) is 24.6. The Morgan fingerprint density at radius 2 is 2.00 bits per heavy atom. The summed E-state index contributed by atoms with van der Waals surface area (Å²) in [6, 6.07) is -0.404. The number of amides is 1. The van der Waals surface area contributed by atoms with Crippen LogP contribution in [0.5, 0.6) is 0 Å². The van der Waals surface area contributed by atoms with E-state index >= 15 is 0 Å². The lowest BCUT2D eigenvalue weighted by Gasteiger charge is -2.36. The first-order valence-corrected chi connectivity index (χ1v) is 7.35. The number of rotatable bonds is 4. The van der Waals surface area contributed by atoms with E-state index in [9.17, 15) is 19.8 Å². The Labute approximate surface area is 118 Å². The van der Waals surface area contributed by atoms with E-state index in [0.29, 0.717) is 31.7 Å². The van der Waals surface area contributed by atoms with E-state index in [2.05, 4.69) is 17.6 Å². The summed E-state index contributed by atoms with van der Waals surface area (Å²) in [5.41, 5.74) is -0.820. The average molecular weight is 284 g/mol. The molecule has 4 N–H and O–H groups in total. The van der Waals surface area contributed by atoms with Gasteiger partial charge in [-0.2, -0.15) is 0 Å². The fraction of sp³-hybridized carbons (Fsp3) is 0.857. The third kappa shape index (κ3) is 3.30. The Morgan fingerprint density at radius 1 is 1.35 bits per heavy atom. The molecule has 1 saturated heterocycles. The molecule has 2 atom stereocenters. The monoisotopic (exact) mass is 284 g/mol. The normalized spacial score (nSPS) is 37.6. The van der Waals surface area contributed by atoms with Gasteiger partial charge in [0.25, 0.3) is 0 Å². The van der Waals surface area contributed by atoms with Crippen LogP contribution in [0, 0.1) is 11.3 Å². The van der Waals surface area contributed by atoms with E-state index in [4.69, 9.17) is 0 Å². The first-order valence-electron chi connectivity index (χ1n) is 7.35. The summed E-state index contributed by atoms with van der Waals surface area (Å²) in [4.78, 5) is 23.5. The van der Waals surface area contributed by atoms with Crippen molar-refractivity contribution in [3.63, 3.8) is 0 Å². The van der Waals surface area contributed by atoms with Crippen LogP contribution in [0.2, 0.25) is 0 Å². The fourth-order valence-electron chi connectivity index (χ4n) is 3.08. The highest BCUT2D eigenvalue weighted by Gasteiger charge is 2.42. The summed E-state index contributed by atoms with van der Waals surface area (Å²) < 4.78 is 0. The number of aliphatic hydroxyl groups excluding tert-OH is 1. The molecule has 1 saturated carbocycles. The molecule has 0 aromatic carbocycles. The van der Waals surface area contributed by atoms with Gasteiger partial charge in [-0.05, 0) is 38.0 Å². The molecule has 0 radical (unpaired) electrons. The number of hydrogen-bond donors (Lipinski definition) is 4. The number of carbonyl (C=O) groups is 2. The molecule has 1 amide bonds. The van der Waals surface area contributed by atoms with Crippen LogP contribution in [0.25, 0.3) is 0 Å². The van der Waals surface area contributed by atoms with Crippen LogP contribution in [-0.4, -0.2) is 47.3 Å². The molecule has 0 bridgehead atoms. The van der Waals surface area contributed by atoms with Crippen LogP contribution in [0.15, 0.2) is 0 Å². The SMILES string of the molecule is CC1CCC(CNC(=O)C2CC(O)CN2)(C(=O)O)CC1. The number of β-amino-alcohol motifs (C(OH)–C–C–N with tert-alkyl or cyclic N) is 1. The molecular formula is C14H24N2O4. The maximum Gasteiger partial charge on any atom is 0.311 e. The molecule has 114 valence electrons. The number of aliphatic carboxylic acids is 1. The molecule has 2 rings (SSSR count). The highest BCUT2D eigenvalue weighted by Crippen LogP contribution is 2.38. The van der Waals surface area contributed by atoms with Crippen LogP contribution >= 0.6 is 0 Å². The van der Waals surface area contributed by atoms with Crippen molar-refractivity contribution in [3.05, 3.63) is 0 Å². The van der Waals surface area contributed by atoms with Gasteiger partial charge in [-0.15, -0.1) is 0 Å². The van der Waals surface area contributed by atoms with Gasteiger partial charge in [-0.1, -0.05) is 6.92 Å². The van der Waals surface area contributed by atoms with E-state index in [1.807, 2.05) is 0 Å². The highest BCUT2D eigenvalue weighted by molar-refractivity contribution is 5.83. The van der Waals surface area contributed by atoms with Crippen molar-refractivity contribution < 1.29 is 19.8 Å². The van der Waals surface area contributed by atoms with Gasteiger partial charge in [0.15, 0.2) is 0 Å². The van der Waals surface area contributed by atoms with Gasteiger partial charge in [0.05, 0.1) is 17.6 Å². The van der Waals surface area contributed by atoms with Crippen LogP contribution in [-0.2, 0) is 9.59 Å². The molecule has 1 aliphatic carbocycles. The summed E-state index contributed by atoms with van der Waals surface area (Å²) in [6.07, 6.45) is 2.91. The minimum Gasteiger partial charge on any atom is -0.481 e. The van der Waals surface area contributed by atoms with Gasteiger partial charge in [0, 0.05) is 13.1 Å². The quantitative estimate of drug-likeness (QED) is 0.587. The van der Waals surface area contributed by atoms with Crippen molar-refractivity contribution in [3.8, 4) is 0 Å². The first kappa shape index (κ1) is 15.3. The first-order chi connectivity index (χ1) is 9.43. The minimum absolute atomic E-state index is 0.183. The van der Waals surface area contributed by atoms with Crippen LogP contribution in [0.1, 0.15) is 39.0 Å². The predicted molar refractivity (Wildman–Crippen MR) is 73.1 cm³/mol. The second kappa shape index (κ2) is 6.10. The number of carboxylic acid groups (broad SMARTS) is 1. The van der Waals surface area contributed by atoms with Gasteiger partial charge >= 0.3 is 5.97 Å². The summed E-state index contributed by atoms with van der Waals surface area (Å²) in [5.74, 6) is -0.463. The Kier molecular flexibility index (Phi) is 4.65. The molecule has 6 heteroatoms. The van der Waals surface area contributed by atoms with Crippen molar-refractivity contribution in [1.29, 1.82) is 0 Å². The largest absolute Gasteiger partial charge is 0.481 e. The standard InChI is InChI=1S/C14H24N2O4/c1-9-2-4-14(5-3-9,13(19)20)8-16-12(18)11-6-10(17)7-15-11/h9-11,15,17H,2-8H2,1H3,(H,16,18)(H,19,20). The summed E-state index contributed by atoms with van der Waals surface area (Å²) >= 11 is 0. The summed E-state index contributed by atoms with van der Waals surface area (Å²) in [7, 11) is 0. The van der Waals surface area contributed by atoms with E-state index in [-0.39, 0.29) is 12.5 Å². The Balaban J connectivity index is 1.89. The Morgan fingerprint density at radius 3 is 2.50 bits per heavy atom. The molecule has 20 heavy (non-hydrogen) atoms. The number of aliphatic hydroxyl groups is 1. The maximum absolute atomic E-state index is 12.0. The lowest BCUT2D eigenvalue weighted by atomic mass is 9.71.